The summed E-state index contributed by atoms with van der Waals surface area (Å²) in [5, 5.41) is 1.14. The first-order valence-electron chi connectivity index (χ1n) is 6.51. The zero-order chi connectivity index (χ0) is 13.2. The lowest BCUT2D eigenvalue weighted by Gasteiger charge is -2.11. The molecule has 2 heterocycles. The number of hydrogen-bond acceptors (Lipinski definition) is 2. The SMILES string of the molecule is CC(C)Oc1cccc2c1ccn2Cc1ccco1. The lowest BCUT2D eigenvalue weighted by Crippen LogP contribution is -2.05. The molecule has 0 atom stereocenters. The number of rotatable bonds is 4. The van der Waals surface area contributed by atoms with Crippen LogP contribution in [0.25, 0.3) is 10.9 Å². The Hall–Kier alpha value is -2.16. The molecule has 19 heavy (non-hydrogen) atoms. The lowest BCUT2D eigenvalue weighted by molar-refractivity contribution is 0.245. The minimum absolute atomic E-state index is 0.180. The molecule has 0 saturated heterocycles. The van der Waals surface area contributed by atoms with E-state index in [2.05, 4.69) is 22.9 Å². The Morgan fingerprint density at radius 3 is 2.79 bits per heavy atom. The van der Waals surface area contributed by atoms with Crippen LogP contribution in [0.4, 0.5) is 0 Å². The van der Waals surface area contributed by atoms with Crippen LogP contribution in [-0.2, 0) is 6.54 Å². The molecule has 3 rings (SSSR count). The minimum Gasteiger partial charge on any atom is -0.490 e. The molecule has 0 unspecified atom stereocenters. The second kappa shape index (κ2) is 4.84. The molecule has 0 amide bonds. The Labute approximate surface area is 112 Å². The lowest BCUT2D eigenvalue weighted by atomic mass is 10.2. The van der Waals surface area contributed by atoms with Crippen molar-refractivity contribution in [2.45, 2.75) is 26.5 Å². The van der Waals surface area contributed by atoms with Gasteiger partial charge in [0.15, 0.2) is 0 Å². The maximum absolute atomic E-state index is 5.84. The van der Waals surface area contributed by atoms with Gasteiger partial charge in [0, 0.05) is 11.6 Å². The molecular formula is C16H17NO2. The van der Waals surface area contributed by atoms with Crippen LogP contribution >= 0.6 is 0 Å². The highest BCUT2D eigenvalue weighted by atomic mass is 16.5. The molecule has 0 radical (unpaired) electrons. The van der Waals surface area contributed by atoms with Gasteiger partial charge in [0.2, 0.25) is 0 Å². The molecule has 0 aliphatic rings. The van der Waals surface area contributed by atoms with Gasteiger partial charge in [0.25, 0.3) is 0 Å². The molecule has 0 fully saturated rings. The van der Waals surface area contributed by atoms with Gasteiger partial charge in [-0.05, 0) is 44.2 Å². The second-order valence-corrected chi connectivity index (χ2v) is 4.88. The Balaban J connectivity index is 1.99. The summed E-state index contributed by atoms with van der Waals surface area (Å²) in [6, 6.07) is 12.1. The molecular weight excluding hydrogens is 238 g/mol. The van der Waals surface area contributed by atoms with E-state index in [0.29, 0.717) is 0 Å². The molecule has 3 nitrogen and oxygen atoms in total. The minimum atomic E-state index is 0.180. The van der Waals surface area contributed by atoms with E-state index in [4.69, 9.17) is 9.15 Å². The van der Waals surface area contributed by atoms with Crippen molar-refractivity contribution in [3.8, 4) is 5.75 Å². The van der Waals surface area contributed by atoms with Gasteiger partial charge in [-0.1, -0.05) is 6.07 Å². The first-order chi connectivity index (χ1) is 9.24. The summed E-state index contributed by atoms with van der Waals surface area (Å²) in [6.45, 7) is 4.82. The van der Waals surface area contributed by atoms with Gasteiger partial charge in [-0.3, -0.25) is 0 Å². The summed E-state index contributed by atoms with van der Waals surface area (Å²) in [5.41, 5.74) is 1.16. The van der Waals surface area contributed by atoms with Crippen molar-refractivity contribution < 1.29 is 9.15 Å². The van der Waals surface area contributed by atoms with E-state index >= 15 is 0 Å². The van der Waals surface area contributed by atoms with Crippen LogP contribution in [0.5, 0.6) is 5.75 Å². The largest absolute Gasteiger partial charge is 0.490 e. The molecule has 0 aliphatic carbocycles. The quantitative estimate of drug-likeness (QED) is 0.702. The Morgan fingerprint density at radius 1 is 1.16 bits per heavy atom. The van der Waals surface area contributed by atoms with E-state index in [0.717, 1.165) is 29.0 Å². The van der Waals surface area contributed by atoms with Crippen molar-refractivity contribution >= 4 is 10.9 Å². The first kappa shape index (κ1) is 11.9. The van der Waals surface area contributed by atoms with Crippen LogP contribution in [-0.4, -0.2) is 10.7 Å². The maximum Gasteiger partial charge on any atom is 0.129 e. The van der Waals surface area contributed by atoms with Gasteiger partial charge in [-0.2, -0.15) is 0 Å². The zero-order valence-corrected chi connectivity index (χ0v) is 11.2. The summed E-state index contributed by atoms with van der Waals surface area (Å²) in [4.78, 5) is 0. The number of aromatic nitrogens is 1. The number of nitrogens with zero attached hydrogens (tertiary/aromatic N) is 1. The molecule has 0 aliphatic heterocycles. The van der Waals surface area contributed by atoms with Gasteiger partial charge in [0.1, 0.15) is 11.5 Å². The van der Waals surface area contributed by atoms with Crippen LogP contribution in [0.1, 0.15) is 19.6 Å². The predicted octanol–water partition coefficient (Wildman–Crippen LogP) is 4.07. The van der Waals surface area contributed by atoms with Crippen molar-refractivity contribution in [1.82, 2.24) is 4.57 Å². The summed E-state index contributed by atoms with van der Waals surface area (Å²) in [6.07, 6.45) is 3.95. The van der Waals surface area contributed by atoms with Crippen molar-refractivity contribution in [1.29, 1.82) is 0 Å². The number of furan rings is 1. The molecule has 98 valence electrons. The normalized spacial score (nSPS) is 11.3. The van der Waals surface area contributed by atoms with Crippen molar-refractivity contribution in [3.63, 3.8) is 0 Å². The third-order valence-corrected chi connectivity index (χ3v) is 3.04. The van der Waals surface area contributed by atoms with Crippen LogP contribution < -0.4 is 4.74 Å². The third-order valence-electron chi connectivity index (χ3n) is 3.04. The topological polar surface area (TPSA) is 27.3 Å². The van der Waals surface area contributed by atoms with Crippen molar-refractivity contribution in [2.24, 2.45) is 0 Å². The van der Waals surface area contributed by atoms with Crippen LogP contribution in [0.3, 0.4) is 0 Å². The molecule has 0 spiro atoms. The van der Waals surface area contributed by atoms with E-state index in [1.54, 1.807) is 6.26 Å². The first-order valence-corrected chi connectivity index (χ1v) is 6.51. The molecule has 0 bridgehead atoms. The number of benzene rings is 1. The second-order valence-electron chi connectivity index (χ2n) is 4.88. The maximum atomic E-state index is 5.84. The van der Waals surface area contributed by atoms with Crippen LogP contribution in [0, 0.1) is 0 Å². The highest BCUT2D eigenvalue weighted by Crippen LogP contribution is 2.27. The molecule has 0 saturated carbocycles. The summed E-state index contributed by atoms with van der Waals surface area (Å²) in [5.74, 6) is 1.89. The fourth-order valence-electron chi connectivity index (χ4n) is 2.26. The van der Waals surface area contributed by atoms with Gasteiger partial charge in [-0.25, -0.2) is 0 Å². The van der Waals surface area contributed by atoms with E-state index in [1.807, 2.05) is 38.1 Å². The number of ether oxygens (including phenoxy) is 1. The summed E-state index contributed by atoms with van der Waals surface area (Å²) < 4.78 is 13.4. The molecule has 2 aromatic heterocycles. The zero-order valence-electron chi connectivity index (χ0n) is 11.2. The van der Waals surface area contributed by atoms with Gasteiger partial charge >= 0.3 is 0 Å². The third kappa shape index (κ3) is 2.36. The molecule has 3 heteroatoms. The van der Waals surface area contributed by atoms with E-state index in [-0.39, 0.29) is 6.10 Å². The monoisotopic (exact) mass is 255 g/mol. The Kier molecular flexibility index (Phi) is 3.03. The fraction of sp³-hybridized carbons (Fsp3) is 0.250. The standard InChI is InChI=1S/C16H17NO2/c1-12(2)19-16-7-3-6-15-14(16)8-9-17(15)11-13-5-4-10-18-13/h3-10,12H,11H2,1-2H3. The van der Waals surface area contributed by atoms with E-state index < -0.39 is 0 Å². The van der Waals surface area contributed by atoms with E-state index in [9.17, 15) is 0 Å². The average molecular weight is 255 g/mol. The molecule has 3 aromatic rings. The van der Waals surface area contributed by atoms with Gasteiger partial charge in [0.05, 0.1) is 24.4 Å². The Morgan fingerprint density at radius 2 is 2.05 bits per heavy atom. The molecule has 0 N–H and O–H groups in total. The molecule has 1 aromatic carbocycles. The predicted molar refractivity (Wildman–Crippen MR) is 75.5 cm³/mol. The van der Waals surface area contributed by atoms with Crippen LogP contribution in [0.15, 0.2) is 53.3 Å². The number of fused-ring (bicyclic) bond motifs is 1. The summed E-state index contributed by atoms with van der Waals surface area (Å²) >= 11 is 0. The fourth-order valence-corrected chi connectivity index (χ4v) is 2.26. The van der Waals surface area contributed by atoms with Crippen molar-refractivity contribution in [3.05, 3.63) is 54.6 Å². The average Bonchev–Trinajstić information content (AvgIpc) is 3.00. The van der Waals surface area contributed by atoms with Gasteiger partial charge in [-0.15, -0.1) is 0 Å². The number of hydrogen-bond donors (Lipinski definition) is 0. The van der Waals surface area contributed by atoms with Crippen LogP contribution in [0.2, 0.25) is 0 Å². The smallest absolute Gasteiger partial charge is 0.129 e. The summed E-state index contributed by atoms with van der Waals surface area (Å²) in [7, 11) is 0. The highest BCUT2D eigenvalue weighted by molar-refractivity contribution is 5.86. The Bertz CT molecular complexity index is 665. The van der Waals surface area contributed by atoms with Crippen molar-refractivity contribution in [2.75, 3.05) is 0 Å². The highest BCUT2D eigenvalue weighted by Gasteiger charge is 2.08. The van der Waals surface area contributed by atoms with E-state index in [1.165, 1.54) is 0 Å². The van der Waals surface area contributed by atoms with Gasteiger partial charge < -0.3 is 13.7 Å².